The van der Waals surface area contributed by atoms with Gasteiger partial charge in [-0.1, -0.05) is 159 Å². The molecule has 0 aliphatic heterocycles. The average molecular weight is 830 g/mol. The van der Waals surface area contributed by atoms with Crippen LogP contribution in [-0.2, 0) is 16.2 Å². The van der Waals surface area contributed by atoms with E-state index < -0.39 is 0 Å². The van der Waals surface area contributed by atoms with Crippen LogP contribution >= 0.6 is 0 Å². The van der Waals surface area contributed by atoms with Crippen molar-refractivity contribution < 1.29 is 4.42 Å². The van der Waals surface area contributed by atoms with Gasteiger partial charge in [0, 0.05) is 22.1 Å². The second-order valence-corrected chi connectivity index (χ2v) is 21.1. The third-order valence-electron chi connectivity index (χ3n) is 13.6. The first-order chi connectivity index (χ1) is 30.6. The molecule has 2 nitrogen and oxygen atoms in total. The van der Waals surface area contributed by atoms with Crippen molar-refractivity contribution >= 4 is 60.5 Å². The normalized spacial score (nSPS) is 12.8. The minimum absolute atomic E-state index is 0.00673. The molecule has 0 amide bonds. The number of fused-ring (bicyclic) bond motifs is 9. The summed E-state index contributed by atoms with van der Waals surface area (Å²) >= 11 is 0. The Labute approximate surface area is 377 Å². The molecule has 1 aliphatic rings. The number of rotatable bonds is 5. The number of hydrogen-bond donors (Lipinski definition) is 0. The molecule has 0 saturated heterocycles. The van der Waals surface area contributed by atoms with E-state index in [-0.39, 0.29) is 16.2 Å². The van der Waals surface area contributed by atoms with Gasteiger partial charge in [-0.2, -0.15) is 0 Å². The summed E-state index contributed by atoms with van der Waals surface area (Å²) in [6.07, 6.45) is 0. The molecule has 0 radical (unpaired) electrons. The number of nitrogens with zero attached hydrogens (tertiary/aromatic N) is 1. The van der Waals surface area contributed by atoms with Crippen molar-refractivity contribution in [2.75, 3.05) is 4.90 Å². The highest BCUT2D eigenvalue weighted by atomic mass is 16.3. The predicted octanol–water partition coefficient (Wildman–Crippen LogP) is 18.2. The Balaban J connectivity index is 1.04. The third-order valence-corrected chi connectivity index (χ3v) is 13.6. The zero-order chi connectivity index (χ0) is 44.3. The number of furan rings is 1. The first kappa shape index (κ1) is 39.9. The van der Waals surface area contributed by atoms with Crippen LogP contribution < -0.4 is 4.90 Å². The van der Waals surface area contributed by atoms with Crippen molar-refractivity contribution in [2.24, 2.45) is 0 Å². The van der Waals surface area contributed by atoms with Crippen LogP contribution in [0.15, 0.2) is 174 Å². The highest BCUT2D eigenvalue weighted by Crippen LogP contribution is 2.52. The lowest BCUT2D eigenvalue weighted by atomic mass is 9.77. The SMILES string of the molecule is CC(C)(C)c1ccc(-c2cc3cc4c(cc3cc2-c2ccc(C(C)(C)C)cc2)-c2cc3cc(N(c5cccc(C(C)(C)C)c5)c5cccc6c5oc5ccccc56)ccc3cc2-4)cc1. The second kappa shape index (κ2) is 14.3. The fourth-order valence-electron chi connectivity index (χ4n) is 9.83. The molecule has 64 heavy (non-hydrogen) atoms. The molecular weight excluding hydrogens is 775 g/mol. The number of para-hydroxylation sites is 2. The Morgan fingerprint density at radius 1 is 0.344 bits per heavy atom. The van der Waals surface area contributed by atoms with Gasteiger partial charge >= 0.3 is 0 Å². The van der Waals surface area contributed by atoms with Crippen molar-refractivity contribution in [1.82, 2.24) is 0 Å². The molecule has 2 heteroatoms. The predicted molar refractivity (Wildman–Crippen MR) is 275 cm³/mol. The van der Waals surface area contributed by atoms with E-state index in [9.17, 15) is 0 Å². The Bertz CT molecular complexity index is 3470. The molecule has 0 bridgehead atoms. The summed E-state index contributed by atoms with van der Waals surface area (Å²) in [7, 11) is 0. The summed E-state index contributed by atoms with van der Waals surface area (Å²) in [5.74, 6) is 0. The minimum atomic E-state index is -0.00673. The summed E-state index contributed by atoms with van der Waals surface area (Å²) in [5.41, 5.74) is 19.4. The Morgan fingerprint density at radius 3 is 1.38 bits per heavy atom. The van der Waals surface area contributed by atoms with Crippen LogP contribution in [0, 0.1) is 0 Å². The van der Waals surface area contributed by atoms with Crippen LogP contribution in [0.5, 0.6) is 0 Å². The highest BCUT2D eigenvalue weighted by Gasteiger charge is 2.27. The molecule has 0 unspecified atom stereocenters. The van der Waals surface area contributed by atoms with Crippen LogP contribution in [0.1, 0.15) is 79.0 Å². The van der Waals surface area contributed by atoms with Crippen LogP contribution in [0.4, 0.5) is 17.1 Å². The van der Waals surface area contributed by atoms with Gasteiger partial charge in [-0.05, 0) is 172 Å². The first-order valence-corrected chi connectivity index (χ1v) is 22.8. The Kier molecular flexibility index (Phi) is 8.92. The summed E-state index contributed by atoms with van der Waals surface area (Å²) in [4.78, 5) is 2.38. The van der Waals surface area contributed by atoms with Gasteiger partial charge < -0.3 is 9.32 Å². The highest BCUT2D eigenvalue weighted by molar-refractivity contribution is 6.14. The maximum Gasteiger partial charge on any atom is 0.159 e. The van der Waals surface area contributed by atoms with Gasteiger partial charge in [0.05, 0.1) is 5.69 Å². The van der Waals surface area contributed by atoms with Gasteiger partial charge in [0.15, 0.2) is 5.58 Å². The van der Waals surface area contributed by atoms with E-state index in [1.165, 1.54) is 82.7 Å². The van der Waals surface area contributed by atoms with Crippen LogP contribution in [0.2, 0.25) is 0 Å². The van der Waals surface area contributed by atoms with E-state index in [1.807, 2.05) is 6.07 Å². The molecule has 1 aliphatic carbocycles. The van der Waals surface area contributed by atoms with Gasteiger partial charge in [-0.15, -0.1) is 0 Å². The second-order valence-electron chi connectivity index (χ2n) is 21.1. The molecule has 0 fully saturated rings. The Hall–Kier alpha value is -6.90. The number of anilines is 3. The average Bonchev–Trinajstić information content (AvgIpc) is 3.66. The fourth-order valence-corrected chi connectivity index (χ4v) is 9.83. The monoisotopic (exact) mass is 829 g/mol. The molecule has 1 aromatic heterocycles. The third kappa shape index (κ3) is 6.70. The van der Waals surface area contributed by atoms with Gasteiger partial charge in [0.1, 0.15) is 5.58 Å². The van der Waals surface area contributed by atoms with Crippen LogP contribution in [0.25, 0.3) is 88.0 Å². The largest absolute Gasteiger partial charge is 0.454 e. The van der Waals surface area contributed by atoms with Crippen molar-refractivity contribution in [1.29, 1.82) is 0 Å². The quantitative estimate of drug-likeness (QED) is 0.172. The van der Waals surface area contributed by atoms with E-state index in [4.69, 9.17) is 4.42 Å². The molecule has 1 heterocycles. The fraction of sp³-hybridized carbons (Fsp3) is 0.194. The van der Waals surface area contributed by atoms with Gasteiger partial charge in [-0.25, -0.2) is 0 Å². The first-order valence-electron chi connectivity index (χ1n) is 22.8. The lowest BCUT2D eigenvalue weighted by molar-refractivity contribution is 0.590. The summed E-state index contributed by atoms with van der Waals surface area (Å²) in [6, 6.07) is 63.7. The van der Waals surface area contributed by atoms with E-state index in [1.54, 1.807) is 0 Å². The molecule has 11 rings (SSSR count). The summed E-state index contributed by atoms with van der Waals surface area (Å²) in [6.45, 7) is 20.5. The topological polar surface area (TPSA) is 16.4 Å². The van der Waals surface area contributed by atoms with Crippen molar-refractivity contribution in [3.8, 4) is 44.5 Å². The Morgan fingerprint density at radius 2 is 0.812 bits per heavy atom. The summed E-state index contributed by atoms with van der Waals surface area (Å²) in [5, 5.41) is 7.21. The zero-order valence-electron chi connectivity index (χ0n) is 38.5. The molecule has 0 atom stereocenters. The molecule has 10 aromatic rings. The smallest absolute Gasteiger partial charge is 0.159 e. The molecule has 314 valence electrons. The number of hydrogen-bond acceptors (Lipinski definition) is 2. The standard InChI is InChI=1S/C62H55NO/c1-60(2,3)44-25-20-38(21-26-44)51-32-42-35-55-53-31-40-24-29-48(30-41(40)34-54(53)56(55)36-43(42)33-52(51)39-22-27-45(28-23-39)61(4,5)6)63(47-15-12-14-46(37-47)62(7,8)9)57-18-13-17-50-49-16-10-11-19-58(49)64-59(50)57/h10-37H,1-9H3. The molecular formula is C62H55NO. The maximum absolute atomic E-state index is 6.67. The van der Waals surface area contributed by atoms with Crippen LogP contribution in [0.3, 0.4) is 0 Å². The maximum atomic E-state index is 6.67. The lowest BCUT2D eigenvalue weighted by Crippen LogP contribution is -2.14. The zero-order valence-corrected chi connectivity index (χ0v) is 38.5. The van der Waals surface area contributed by atoms with Crippen molar-refractivity contribution in [2.45, 2.75) is 78.6 Å². The van der Waals surface area contributed by atoms with E-state index in [2.05, 4.69) is 231 Å². The van der Waals surface area contributed by atoms with Gasteiger partial charge in [0.2, 0.25) is 0 Å². The van der Waals surface area contributed by atoms with E-state index in [0.29, 0.717) is 0 Å². The van der Waals surface area contributed by atoms with Crippen molar-refractivity contribution in [3.05, 3.63) is 187 Å². The molecule has 0 saturated carbocycles. The van der Waals surface area contributed by atoms with E-state index >= 15 is 0 Å². The van der Waals surface area contributed by atoms with Gasteiger partial charge in [-0.3, -0.25) is 0 Å². The summed E-state index contributed by atoms with van der Waals surface area (Å²) < 4.78 is 6.67. The van der Waals surface area contributed by atoms with Crippen LogP contribution in [-0.4, -0.2) is 0 Å². The molecule has 9 aromatic carbocycles. The lowest BCUT2D eigenvalue weighted by Gasteiger charge is -2.29. The minimum Gasteiger partial charge on any atom is -0.454 e. The molecule has 0 N–H and O–H groups in total. The molecule has 0 spiro atoms. The van der Waals surface area contributed by atoms with E-state index in [0.717, 1.165) is 39.0 Å². The van der Waals surface area contributed by atoms with Crippen molar-refractivity contribution in [3.63, 3.8) is 0 Å². The van der Waals surface area contributed by atoms with Gasteiger partial charge in [0.25, 0.3) is 0 Å². The number of benzene rings is 9.